The molecule has 0 radical (unpaired) electrons. The number of hydrogen-bond acceptors (Lipinski definition) is 3. The molecule has 0 amide bonds. The second-order valence-electron chi connectivity index (χ2n) is 3.70. The number of methoxy groups -OCH3 is 1. The molecule has 64 valence electrons. The Hall–Kier alpha value is -0.830. The highest BCUT2D eigenvalue weighted by Gasteiger charge is 2.60. The van der Waals surface area contributed by atoms with Gasteiger partial charge in [0, 0.05) is 0 Å². The monoisotopic (exact) mass is 166 g/mol. The number of carbonyl (C=O) groups is 1. The van der Waals surface area contributed by atoms with Crippen LogP contribution in [-0.4, -0.2) is 25.3 Å². The van der Waals surface area contributed by atoms with E-state index in [1.54, 1.807) is 0 Å². The van der Waals surface area contributed by atoms with E-state index in [0.717, 1.165) is 5.57 Å². The standard InChI is InChI=1S/C9H10O3/c1-11-9(10)6-3-7-4-2-5(4)8(6)12-7/h3-5,7-8H,2H2,1H3/t4-,5+,7+,8+/m0/s1. The predicted octanol–water partition coefficient (Wildman–Crippen LogP) is 0.503. The lowest BCUT2D eigenvalue weighted by Gasteiger charge is -2.08. The van der Waals surface area contributed by atoms with Crippen LogP contribution in [0, 0.1) is 11.8 Å². The zero-order valence-electron chi connectivity index (χ0n) is 6.82. The van der Waals surface area contributed by atoms with Crippen LogP contribution in [0.25, 0.3) is 0 Å². The Balaban J connectivity index is 1.90. The Bertz CT molecular complexity index is 281. The maximum absolute atomic E-state index is 11.2. The molecule has 0 unspecified atom stereocenters. The van der Waals surface area contributed by atoms with Crippen molar-refractivity contribution in [2.75, 3.05) is 7.11 Å². The summed E-state index contributed by atoms with van der Waals surface area (Å²) in [6, 6.07) is 0. The molecule has 2 bridgehead atoms. The van der Waals surface area contributed by atoms with E-state index in [9.17, 15) is 4.79 Å². The Morgan fingerprint density at radius 2 is 2.50 bits per heavy atom. The van der Waals surface area contributed by atoms with Crippen molar-refractivity contribution in [3.63, 3.8) is 0 Å². The molecule has 3 nitrogen and oxygen atoms in total. The number of fused-ring (bicyclic) bond motifs is 5. The topological polar surface area (TPSA) is 35.5 Å². The van der Waals surface area contributed by atoms with E-state index in [0.29, 0.717) is 11.8 Å². The molecular formula is C9H10O3. The van der Waals surface area contributed by atoms with Crippen LogP contribution in [0.1, 0.15) is 6.42 Å². The molecule has 1 saturated heterocycles. The van der Waals surface area contributed by atoms with Gasteiger partial charge in [0.15, 0.2) is 0 Å². The molecule has 0 aromatic carbocycles. The van der Waals surface area contributed by atoms with Crippen molar-refractivity contribution in [1.29, 1.82) is 0 Å². The molecule has 12 heavy (non-hydrogen) atoms. The SMILES string of the molecule is COC(=O)C1=C[C@H]2O[C@@H]1[C@@H]1C[C@@H]12. The maximum atomic E-state index is 11.2. The van der Waals surface area contributed by atoms with Gasteiger partial charge in [-0.3, -0.25) is 0 Å². The van der Waals surface area contributed by atoms with Gasteiger partial charge in [0.2, 0.25) is 0 Å². The molecule has 1 saturated carbocycles. The molecular weight excluding hydrogens is 156 g/mol. The average Bonchev–Trinajstić information content (AvgIpc) is 2.71. The minimum Gasteiger partial charge on any atom is -0.466 e. The van der Waals surface area contributed by atoms with E-state index < -0.39 is 0 Å². The van der Waals surface area contributed by atoms with Crippen molar-refractivity contribution >= 4 is 5.97 Å². The lowest BCUT2D eigenvalue weighted by atomic mass is 10.00. The third-order valence-corrected chi connectivity index (χ3v) is 3.08. The van der Waals surface area contributed by atoms with Gasteiger partial charge < -0.3 is 9.47 Å². The van der Waals surface area contributed by atoms with Crippen molar-refractivity contribution in [2.45, 2.75) is 18.6 Å². The Labute approximate surface area is 70.3 Å². The Morgan fingerprint density at radius 1 is 1.67 bits per heavy atom. The second-order valence-corrected chi connectivity index (χ2v) is 3.70. The molecule has 2 aliphatic heterocycles. The Morgan fingerprint density at radius 3 is 3.08 bits per heavy atom. The lowest BCUT2D eigenvalue weighted by molar-refractivity contribution is -0.137. The van der Waals surface area contributed by atoms with Crippen LogP contribution in [0.3, 0.4) is 0 Å². The average molecular weight is 166 g/mol. The van der Waals surface area contributed by atoms with Crippen LogP contribution in [0.15, 0.2) is 11.6 Å². The third kappa shape index (κ3) is 0.630. The second kappa shape index (κ2) is 1.91. The molecule has 0 spiro atoms. The first-order chi connectivity index (χ1) is 5.81. The van der Waals surface area contributed by atoms with Crippen molar-refractivity contribution < 1.29 is 14.3 Å². The zero-order chi connectivity index (χ0) is 8.29. The van der Waals surface area contributed by atoms with Gasteiger partial charge in [-0.1, -0.05) is 0 Å². The number of carbonyl (C=O) groups excluding carboxylic acids is 1. The highest BCUT2D eigenvalue weighted by atomic mass is 16.5. The van der Waals surface area contributed by atoms with Gasteiger partial charge in [0.05, 0.1) is 24.9 Å². The van der Waals surface area contributed by atoms with Gasteiger partial charge in [-0.05, 0) is 24.3 Å². The van der Waals surface area contributed by atoms with E-state index in [1.807, 2.05) is 6.08 Å². The van der Waals surface area contributed by atoms with Crippen LogP contribution in [0.2, 0.25) is 0 Å². The van der Waals surface area contributed by atoms with Gasteiger partial charge in [-0.2, -0.15) is 0 Å². The fourth-order valence-electron chi connectivity index (χ4n) is 2.37. The molecule has 0 N–H and O–H groups in total. The zero-order valence-corrected chi connectivity index (χ0v) is 6.82. The van der Waals surface area contributed by atoms with Crippen LogP contribution < -0.4 is 0 Å². The van der Waals surface area contributed by atoms with Crippen LogP contribution in [0.4, 0.5) is 0 Å². The van der Waals surface area contributed by atoms with Crippen molar-refractivity contribution in [3.05, 3.63) is 11.6 Å². The molecule has 2 fully saturated rings. The highest BCUT2D eigenvalue weighted by molar-refractivity contribution is 5.90. The highest BCUT2D eigenvalue weighted by Crippen LogP contribution is 2.58. The predicted molar refractivity (Wildman–Crippen MR) is 40.4 cm³/mol. The summed E-state index contributed by atoms with van der Waals surface area (Å²) in [6.45, 7) is 0. The fourth-order valence-corrected chi connectivity index (χ4v) is 2.37. The number of esters is 1. The van der Waals surface area contributed by atoms with Crippen LogP contribution in [0.5, 0.6) is 0 Å². The summed E-state index contributed by atoms with van der Waals surface area (Å²) in [7, 11) is 1.42. The van der Waals surface area contributed by atoms with Crippen LogP contribution >= 0.6 is 0 Å². The van der Waals surface area contributed by atoms with E-state index in [4.69, 9.17) is 4.74 Å². The van der Waals surface area contributed by atoms with E-state index in [1.165, 1.54) is 13.5 Å². The summed E-state index contributed by atoms with van der Waals surface area (Å²) in [4.78, 5) is 11.2. The summed E-state index contributed by atoms with van der Waals surface area (Å²) < 4.78 is 10.2. The van der Waals surface area contributed by atoms with E-state index in [-0.39, 0.29) is 18.2 Å². The molecule has 0 aromatic rings. The number of ether oxygens (including phenoxy) is 2. The largest absolute Gasteiger partial charge is 0.466 e. The van der Waals surface area contributed by atoms with Crippen molar-refractivity contribution in [2.24, 2.45) is 11.8 Å². The normalized spacial score (nSPS) is 46.9. The van der Waals surface area contributed by atoms with Crippen molar-refractivity contribution in [1.82, 2.24) is 0 Å². The number of hydrogen-bond donors (Lipinski definition) is 0. The fraction of sp³-hybridized carbons (Fsp3) is 0.667. The summed E-state index contributed by atoms with van der Waals surface area (Å²) >= 11 is 0. The molecule has 0 aromatic heterocycles. The molecule has 3 heteroatoms. The first kappa shape index (κ1) is 6.66. The summed E-state index contributed by atoms with van der Waals surface area (Å²) in [5, 5.41) is 0. The minimum absolute atomic E-state index is 0.0625. The summed E-state index contributed by atoms with van der Waals surface area (Å²) in [6.07, 6.45) is 3.44. The maximum Gasteiger partial charge on any atom is 0.336 e. The smallest absolute Gasteiger partial charge is 0.336 e. The van der Waals surface area contributed by atoms with Gasteiger partial charge in [0.1, 0.15) is 0 Å². The van der Waals surface area contributed by atoms with E-state index in [2.05, 4.69) is 4.74 Å². The third-order valence-electron chi connectivity index (χ3n) is 3.08. The number of rotatable bonds is 1. The van der Waals surface area contributed by atoms with Gasteiger partial charge >= 0.3 is 5.97 Å². The van der Waals surface area contributed by atoms with Crippen molar-refractivity contribution in [3.8, 4) is 0 Å². The van der Waals surface area contributed by atoms with Gasteiger partial charge in [-0.15, -0.1) is 0 Å². The lowest BCUT2D eigenvalue weighted by Crippen LogP contribution is -2.18. The Kier molecular flexibility index (Phi) is 1.06. The summed E-state index contributed by atoms with van der Waals surface area (Å²) in [5.74, 6) is 1.12. The molecule has 1 aliphatic carbocycles. The summed E-state index contributed by atoms with van der Waals surface area (Å²) in [5.41, 5.74) is 0.751. The first-order valence-electron chi connectivity index (χ1n) is 4.27. The molecule has 2 heterocycles. The van der Waals surface area contributed by atoms with Gasteiger partial charge in [-0.25, -0.2) is 4.79 Å². The molecule has 3 rings (SSSR count). The van der Waals surface area contributed by atoms with E-state index >= 15 is 0 Å². The van der Waals surface area contributed by atoms with Gasteiger partial charge in [0.25, 0.3) is 0 Å². The molecule has 3 aliphatic rings. The minimum atomic E-state index is -0.215. The first-order valence-corrected chi connectivity index (χ1v) is 4.27. The quantitative estimate of drug-likeness (QED) is 0.532. The van der Waals surface area contributed by atoms with Crippen LogP contribution in [-0.2, 0) is 14.3 Å². The molecule has 4 atom stereocenters.